The van der Waals surface area contributed by atoms with E-state index in [2.05, 4.69) is 47.7 Å². The molecule has 1 unspecified atom stereocenters. The van der Waals surface area contributed by atoms with Gasteiger partial charge in [0.2, 0.25) is 0 Å². The van der Waals surface area contributed by atoms with Crippen molar-refractivity contribution < 1.29 is 4.74 Å². The first-order valence-corrected chi connectivity index (χ1v) is 8.37. The lowest BCUT2D eigenvalue weighted by molar-refractivity contribution is 0.267. The van der Waals surface area contributed by atoms with Crippen LogP contribution in [0.15, 0.2) is 29.3 Å². The van der Waals surface area contributed by atoms with Crippen molar-refractivity contribution in [3.05, 3.63) is 29.8 Å². The minimum atomic E-state index is 0.485. The van der Waals surface area contributed by atoms with E-state index in [1.807, 2.05) is 13.1 Å². The molecule has 1 aliphatic rings. The first-order chi connectivity index (χ1) is 10.7. The number of rotatable bonds is 6. The van der Waals surface area contributed by atoms with Gasteiger partial charge < -0.3 is 15.4 Å². The van der Waals surface area contributed by atoms with E-state index in [1.165, 1.54) is 18.4 Å². The van der Waals surface area contributed by atoms with Gasteiger partial charge in [0.25, 0.3) is 0 Å². The van der Waals surface area contributed by atoms with Gasteiger partial charge in [-0.25, -0.2) is 0 Å². The molecule has 0 saturated heterocycles. The minimum Gasteiger partial charge on any atom is -0.493 e. The Morgan fingerprint density at radius 1 is 1.32 bits per heavy atom. The van der Waals surface area contributed by atoms with Crippen LogP contribution >= 0.6 is 0 Å². The second-order valence-electron chi connectivity index (χ2n) is 6.29. The van der Waals surface area contributed by atoms with Crippen LogP contribution in [0, 0.1) is 5.92 Å². The molecule has 4 heteroatoms. The van der Waals surface area contributed by atoms with E-state index >= 15 is 0 Å². The molecular weight excluding hydrogens is 274 g/mol. The van der Waals surface area contributed by atoms with Crippen molar-refractivity contribution in [2.75, 3.05) is 26.7 Å². The van der Waals surface area contributed by atoms with Gasteiger partial charge in [0, 0.05) is 26.1 Å². The van der Waals surface area contributed by atoms with Crippen LogP contribution in [0.2, 0.25) is 0 Å². The zero-order chi connectivity index (χ0) is 15.8. The van der Waals surface area contributed by atoms with Crippen LogP contribution in [0.5, 0.6) is 5.75 Å². The summed E-state index contributed by atoms with van der Waals surface area (Å²) >= 11 is 0. The highest BCUT2D eigenvalue weighted by molar-refractivity contribution is 5.79. The molecule has 2 N–H and O–H groups in total. The molecule has 0 amide bonds. The molecule has 1 aromatic rings. The van der Waals surface area contributed by atoms with Gasteiger partial charge in [0.15, 0.2) is 5.96 Å². The van der Waals surface area contributed by atoms with Gasteiger partial charge in [0.05, 0.1) is 6.61 Å². The monoisotopic (exact) mass is 303 g/mol. The van der Waals surface area contributed by atoms with Crippen molar-refractivity contribution in [1.29, 1.82) is 0 Å². The van der Waals surface area contributed by atoms with Crippen molar-refractivity contribution in [1.82, 2.24) is 10.6 Å². The Morgan fingerprint density at radius 2 is 2.14 bits per heavy atom. The van der Waals surface area contributed by atoms with Crippen molar-refractivity contribution in [2.24, 2.45) is 10.9 Å². The molecule has 0 aromatic heterocycles. The fourth-order valence-corrected chi connectivity index (χ4v) is 2.79. The standard InChI is InChI=1S/C18H29N3O/c1-14(2)7-6-11-20-18(19-3)21-13-15-10-12-22-17-9-5-4-8-16(15)17/h4-5,8-9,14-15H,6-7,10-13H2,1-3H3,(H2,19,20,21). The lowest BCUT2D eigenvalue weighted by Gasteiger charge is -2.26. The maximum Gasteiger partial charge on any atom is 0.190 e. The third-order valence-electron chi connectivity index (χ3n) is 4.07. The lowest BCUT2D eigenvalue weighted by atomic mass is 9.93. The number of hydrogen-bond acceptors (Lipinski definition) is 2. The van der Waals surface area contributed by atoms with Gasteiger partial charge in [-0.3, -0.25) is 4.99 Å². The summed E-state index contributed by atoms with van der Waals surface area (Å²) in [6, 6.07) is 8.34. The summed E-state index contributed by atoms with van der Waals surface area (Å²) in [6.45, 7) is 7.18. The zero-order valence-electron chi connectivity index (χ0n) is 14.1. The number of ether oxygens (including phenoxy) is 1. The van der Waals surface area contributed by atoms with E-state index in [0.29, 0.717) is 5.92 Å². The predicted molar refractivity (Wildman–Crippen MR) is 92.7 cm³/mol. The van der Waals surface area contributed by atoms with E-state index in [-0.39, 0.29) is 0 Å². The summed E-state index contributed by atoms with van der Waals surface area (Å²) in [5.74, 6) is 3.17. The fraction of sp³-hybridized carbons (Fsp3) is 0.611. The van der Waals surface area contributed by atoms with E-state index in [4.69, 9.17) is 4.74 Å². The number of nitrogens with one attached hydrogen (secondary N) is 2. The third-order valence-corrected chi connectivity index (χ3v) is 4.07. The van der Waals surface area contributed by atoms with Crippen molar-refractivity contribution in [2.45, 2.75) is 39.0 Å². The Bertz CT molecular complexity index is 485. The highest BCUT2D eigenvalue weighted by Gasteiger charge is 2.20. The summed E-state index contributed by atoms with van der Waals surface area (Å²) in [5, 5.41) is 6.85. The lowest BCUT2D eigenvalue weighted by Crippen LogP contribution is -2.40. The van der Waals surface area contributed by atoms with Gasteiger partial charge in [-0.05, 0) is 36.8 Å². The molecule has 1 heterocycles. The number of benzene rings is 1. The van der Waals surface area contributed by atoms with Crippen LogP contribution in [0.1, 0.15) is 44.6 Å². The molecule has 0 spiro atoms. The third kappa shape index (κ3) is 4.93. The van der Waals surface area contributed by atoms with Gasteiger partial charge in [0.1, 0.15) is 5.75 Å². The predicted octanol–water partition coefficient (Wildman–Crippen LogP) is 3.15. The van der Waals surface area contributed by atoms with E-state index < -0.39 is 0 Å². The van der Waals surface area contributed by atoms with Gasteiger partial charge in [-0.2, -0.15) is 0 Å². The summed E-state index contributed by atoms with van der Waals surface area (Å²) in [6.07, 6.45) is 3.48. The number of guanidine groups is 1. The highest BCUT2D eigenvalue weighted by atomic mass is 16.5. The molecule has 22 heavy (non-hydrogen) atoms. The van der Waals surface area contributed by atoms with Crippen molar-refractivity contribution in [3.8, 4) is 5.75 Å². The molecule has 0 fully saturated rings. The molecule has 0 saturated carbocycles. The Kier molecular flexibility index (Phi) is 6.56. The topological polar surface area (TPSA) is 45.7 Å². The minimum absolute atomic E-state index is 0.485. The fourth-order valence-electron chi connectivity index (χ4n) is 2.79. The first-order valence-electron chi connectivity index (χ1n) is 8.37. The van der Waals surface area contributed by atoms with Gasteiger partial charge in [-0.15, -0.1) is 0 Å². The Hall–Kier alpha value is -1.71. The molecule has 0 radical (unpaired) electrons. The van der Waals surface area contributed by atoms with Crippen LogP contribution in [0.3, 0.4) is 0 Å². The molecule has 2 rings (SSSR count). The quantitative estimate of drug-likeness (QED) is 0.482. The molecule has 122 valence electrons. The van der Waals surface area contributed by atoms with Crippen LogP contribution in [-0.4, -0.2) is 32.7 Å². The summed E-state index contributed by atoms with van der Waals surface area (Å²) in [7, 11) is 1.83. The molecule has 1 atom stereocenters. The maximum atomic E-state index is 5.72. The second-order valence-corrected chi connectivity index (χ2v) is 6.29. The number of nitrogens with zero attached hydrogens (tertiary/aromatic N) is 1. The SMILES string of the molecule is CN=C(NCCCC(C)C)NCC1CCOc2ccccc21. The number of fused-ring (bicyclic) bond motifs is 1. The van der Waals surface area contributed by atoms with Crippen LogP contribution in [0.25, 0.3) is 0 Å². The smallest absolute Gasteiger partial charge is 0.190 e. The van der Waals surface area contributed by atoms with Crippen LogP contribution < -0.4 is 15.4 Å². The van der Waals surface area contributed by atoms with Gasteiger partial charge >= 0.3 is 0 Å². The average molecular weight is 303 g/mol. The van der Waals surface area contributed by atoms with Crippen molar-refractivity contribution in [3.63, 3.8) is 0 Å². The normalized spacial score (nSPS) is 17.8. The molecule has 0 aliphatic carbocycles. The van der Waals surface area contributed by atoms with Crippen LogP contribution in [0.4, 0.5) is 0 Å². The second kappa shape index (κ2) is 8.66. The summed E-state index contributed by atoms with van der Waals surface area (Å²) < 4.78 is 5.72. The Balaban J connectivity index is 1.79. The van der Waals surface area contributed by atoms with E-state index in [1.54, 1.807) is 0 Å². The molecule has 4 nitrogen and oxygen atoms in total. The summed E-state index contributed by atoms with van der Waals surface area (Å²) in [5.41, 5.74) is 1.30. The highest BCUT2D eigenvalue weighted by Crippen LogP contribution is 2.32. The number of aliphatic imine (C=N–C) groups is 1. The first kappa shape index (κ1) is 16.7. The molecule has 1 aliphatic heterocycles. The average Bonchev–Trinajstić information content (AvgIpc) is 2.54. The molecule has 0 bridgehead atoms. The van der Waals surface area contributed by atoms with E-state index in [0.717, 1.165) is 43.7 Å². The Labute approximate surface area is 134 Å². The summed E-state index contributed by atoms with van der Waals surface area (Å²) in [4.78, 5) is 4.31. The molecule has 1 aromatic carbocycles. The molecular formula is C18H29N3O. The maximum absolute atomic E-state index is 5.72. The van der Waals surface area contributed by atoms with Crippen molar-refractivity contribution >= 4 is 5.96 Å². The van der Waals surface area contributed by atoms with E-state index in [9.17, 15) is 0 Å². The largest absolute Gasteiger partial charge is 0.493 e. The number of hydrogen-bond donors (Lipinski definition) is 2. The zero-order valence-corrected chi connectivity index (χ0v) is 14.1. The van der Waals surface area contributed by atoms with Crippen LogP contribution in [-0.2, 0) is 0 Å². The van der Waals surface area contributed by atoms with Gasteiger partial charge in [-0.1, -0.05) is 32.0 Å². The Morgan fingerprint density at radius 3 is 2.91 bits per heavy atom. The number of para-hydroxylation sites is 1.